The fourth-order valence-corrected chi connectivity index (χ4v) is 2.22. The maximum absolute atomic E-state index is 10.4. The predicted molar refractivity (Wildman–Crippen MR) is 55.1 cm³/mol. The molecule has 0 spiro atoms. The van der Waals surface area contributed by atoms with Crippen LogP contribution in [0.1, 0.15) is 37.7 Å². The van der Waals surface area contributed by atoms with Gasteiger partial charge in [0.1, 0.15) is 5.75 Å². The van der Waals surface area contributed by atoms with Crippen LogP contribution in [0.5, 0.6) is 5.75 Å². The van der Waals surface area contributed by atoms with Gasteiger partial charge in [0.15, 0.2) is 0 Å². The maximum Gasteiger partial charge on any atom is 0.115 e. The average molecular weight is 192 g/mol. The van der Waals surface area contributed by atoms with E-state index in [1.165, 1.54) is 6.42 Å². The van der Waals surface area contributed by atoms with Gasteiger partial charge in [-0.25, -0.2) is 0 Å². The second kappa shape index (κ2) is 3.62. The number of benzene rings is 1. The van der Waals surface area contributed by atoms with E-state index in [-0.39, 0.29) is 5.75 Å². The fraction of sp³-hybridized carbons (Fsp3) is 0.500. The lowest BCUT2D eigenvalue weighted by atomic mass is 9.80. The molecule has 2 rings (SSSR count). The van der Waals surface area contributed by atoms with Crippen LogP contribution in [0.25, 0.3) is 0 Å². The minimum absolute atomic E-state index is 0.237. The van der Waals surface area contributed by atoms with E-state index in [2.05, 4.69) is 0 Å². The molecule has 76 valence electrons. The van der Waals surface area contributed by atoms with Crippen LogP contribution in [0.15, 0.2) is 24.3 Å². The van der Waals surface area contributed by atoms with E-state index in [4.69, 9.17) is 0 Å². The summed E-state index contributed by atoms with van der Waals surface area (Å²) in [4.78, 5) is 0. The Hall–Kier alpha value is -1.02. The highest BCUT2D eigenvalue weighted by atomic mass is 16.3. The van der Waals surface area contributed by atoms with E-state index in [1.54, 1.807) is 18.2 Å². The van der Waals surface area contributed by atoms with Crippen LogP contribution in [0.3, 0.4) is 0 Å². The van der Waals surface area contributed by atoms with E-state index in [1.807, 2.05) is 6.07 Å². The number of hydrogen-bond acceptors (Lipinski definition) is 2. The largest absolute Gasteiger partial charge is 0.508 e. The number of rotatable bonds is 1. The third-order valence-corrected chi connectivity index (χ3v) is 3.06. The van der Waals surface area contributed by atoms with Crippen molar-refractivity contribution >= 4 is 0 Å². The van der Waals surface area contributed by atoms with Crippen LogP contribution >= 0.6 is 0 Å². The Morgan fingerprint density at radius 1 is 1.07 bits per heavy atom. The molecule has 2 N–H and O–H groups in total. The summed E-state index contributed by atoms with van der Waals surface area (Å²) in [5.74, 6) is 0.237. The van der Waals surface area contributed by atoms with Crippen LogP contribution in [0.2, 0.25) is 0 Å². The molecule has 1 saturated carbocycles. The molecular formula is C12H16O2. The Morgan fingerprint density at radius 3 is 2.43 bits per heavy atom. The molecule has 0 unspecified atom stereocenters. The van der Waals surface area contributed by atoms with E-state index >= 15 is 0 Å². The van der Waals surface area contributed by atoms with Gasteiger partial charge in [-0.1, -0.05) is 31.4 Å². The average Bonchev–Trinajstić information content (AvgIpc) is 2.19. The first kappa shape index (κ1) is 9.53. The first-order valence-electron chi connectivity index (χ1n) is 5.23. The molecule has 0 amide bonds. The molecule has 0 aromatic heterocycles. The van der Waals surface area contributed by atoms with E-state index in [0.29, 0.717) is 0 Å². The minimum atomic E-state index is -0.697. The molecule has 0 heterocycles. The molecule has 14 heavy (non-hydrogen) atoms. The van der Waals surface area contributed by atoms with Crippen molar-refractivity contribution in [2.75, 3.05) is 0 Å². The molecule has 1 aromatic carbocycles. The monoisotopic (exact) mass is 192 g/mol. The van der Waals surface area contributed by atoms with Gasteiger partial charge in [0, 0.05) is 0 Å². The second-order valence-electron chi connectivity index (χ2n) is 4.14. The molecule has 1 aliphatic carbocycles. The lowest BCUT2D eigenvalue weighted by Gasteiger charge is -2.32. The Labute approximate surface area is 84.2 Å². The van der Waals surface area contributed by atoms with Gasteiger partial charge in [0.2, 0.25) is 0 Å². The highest BCUT2D eigenvalue weighted by molar-refractivity contribution is 5.31. The number of hydrogen-bond donors (Lipinski definition) is 2. The fourth-order valence-electron chi connectivity index (χ4n) is 2.22. The van der Waals surface area contributed by atoms with Crippen molar-refractivity contribution in [2.24, 2.45) is 0 Å². The summed E-state index contributed by atoms with van der Waals surface area (Å²) in [5.41, 5.74) is 0.161. The molecule has 0 bridgehead atoms. The van der Waals surface area contributed by atoms with Crippen LogP contribution in [0.4, 0.5) is 0 Å². The normalized spacial score (nSPS) is 20.6. The van der Waals surface area contributed by atoms with Gasteiger partial charge >= 0.3 is 0 Å². The van der Waals surface area contributed by atoms with Gasteiger partial charge in [0.05, 0.1) is 5.60 Å². The Bertz CT molecular complexity index is 314. The molecule has 0 saturated heterocycles. The van der Waals surface area contributed by atoms with Gasteiger partial charge in [-0.2, -0.15) is 0 Å². The van der Waals surface area contributed by atoms with Crippen LogP contribution in [-0.4, -0.2) is 10.2 Å². The van der Waals surface area contributed by atoms with Crippen molar-refractivity contribution in [1.82, 2.24) is 0 Å². The van der Waals surface area contributed by atoms with Crippen molar-refractivity contribution < 1.29 is 10.2 Å². The lowest BCUT2D eigenvalue weighted by molar-refractivity contribution is -0.000795. The molecule has 1 aromatic rings. The van der Waals surface area contributed by atoms with E-state index in [9.17, 15) is 10.2 Å². The number of aromatic hydroxyl groups is 1. The standard InChI is InChI=1S/C12H16O2/c13-11-6-4-5-10(9-11)12(14)7-2-1-3-8-12/h4-6,9,13-14H,1-3,7-8H2. The van der Waals surface area contributed by atoms with Crippen LogP contribution in [-0.2, 0) is 5.60 Å². The molecule has 0 aliphatic heterocycles. The summed E-state index contributed by atoms with van der Waals surface area (Å²) in [5, 5.41) is 19.7. The topological polar surface area (TPSA) is 40.5 Å². The summed E-state index contributed by atoms with van der Waals surface area (Å²) in [6.07, 6.45) is 4.99. The highest BCUT2D eigenvalue weighted by Gasteiger charge is 2.30. The molecule has 1 fully saturated rings. The molecule has 0 atom stereocenters. The van der Waals surface area contributed by atoms with Crippen molar-refractivity contribution in [1.29, 1.82) is 0 Å². The van der Waals surface area contributed by atoms with E-state index < -0.39 is 5.60 Å². The lowest BCUT2D eigenvalue weighted by Crippen LogP contribution is -2.28. The molecule has 2 heteroatoms. The number of phenolic OH excluding ortho intramolecular Hbond substituents is 1. The third kappa shape index (κ3) is 1.75. The highest BCUT2D eigenvalue weighted by Crippen LogP contribution is 2.37. The maximum atomic E-state index is 10.4. The van der Waals surface area contributed by atoms with Gasteiger partial charge < -0.3 is 10.2 Å². The summed E-state index contributed by atoms with van der Waals surface area (Å²) in [6, 6.07) is 6.99. The van der Waals surface area contributed by atoms with Gasteiger partial charge in [-0.3, -0.25) is 0 Å². The van der Waals surface area contributed by atoms with Gasteiger partial charge in [0.25, 0.3) is 0 Å². The second-order valence-corrected chi connectivity index (χ2v) is 4.14. The van der Waals surface area contributed by atoms with Gasteiger partial charge in [-0.15, -0.1) is 0 Å². The van der Waals surface area contributed by atoms with Crippen LogP contribution in [0, 0.1) is 0 Å². The quantitative estimate of drug-likeness (QED) is 0.717. The van der Waals surface area contributed by atoms with Crippen molar-refractivity contribution in [3.05, 3.63) is 29.8 Å². The van der Waals surface area contributed by atoms with Crippen molar-refractivity contribution in [3.8, 4) is 5.75 Å². The molecule has 0 radical (unpaired) electrons. The molecular weight excluding hydrogens is 176 g/mol. The SMILES string of the molecule is Oc1cccc(C2(O)CCCCC2)c1. The summed E-state index contributed by atoms with van der Waals surface area (Å²) < 4.78 is 0. The Morgan fingerprint density at radius 2 is 1.79 bits per heavy atom. The zero-order valence-corrected chi connectivity index (χ0v) is 8.24. The van der Waals surface area contributed by atoms with Crippen molar-refractivity contribution in [3.63, 3.8) is 0 Å². The van der Waals surface area contributed by atoms with Gasteiger partial charge in [-0.05, 0) is 30.5 Å². The third-order valence-electron chi connectivity index (χ3n) is 3.06. The number of phenols is 1. The minimum Gasteiger partial charge on any atom is -0.508 e. The van der Waals surface area contributed by atoms with Crippen molar-refractivity contribution in [2.45, 2.75) is 37.7 Å². The number of aliphatic hydroxyl groups is 1. The Balaban J connectivity index is 2.28. The first-order valence-corrected chi connectivity index (χ1v) is 5.23. The summed E-state index contributed by atoms with van der Waals surface area (Å²) in [6.45, 7) is 0. The molecule has 2 nitrogen and oxygen atoms in total. The predicted octanol–water partition coefficient (Wildman–Crippen LogP) is 2.54. The van der Waals surface area contributed by atoms with Crippen LogP contribution < -0.4 is 0 Å². The Kier molecular flexibility index (Phi) is 2.46. The smallest absolute Gasteiger partial charge is 0.115 e. The summed E-state index contributed by atoms with van der Waals surface area (Å²) in [7, 11) is 0. The summed E-state index contributed by atoms with van der Waals surface area (Å²) >= 11 is 0. The zero-order valence-electron chi connectivity index (χ0n) is 8.24. The molecule has 1 aliphatic rings. The first-order chi connectivity index (χ1) is 6.71. The van der Waals surface area contributed by atoms with E-state index in [0.717, 1.165) is 31.2 Å². The zero-order chi connectivity index (χ0) is 10.0.